The fraction of sp³-hybridized carbons (Fsp3) is 0.0909. The molecule has 2 heterocycles. The van der Waals surface area contributed by atoms with Crippen LogP contribution in [0.5, 0.6) is 0 Å². The van der Waals surface area contributed by atoms with Crippen LogP contribution in [-0.4, -0.2) is 27.6 Å². The van der Waals surface area contributed by atoms with E-state index in [0.29, 0.717) is 22.5 Å². The number of hydrogen-bond acceptors (Lipinski definition) is 4. The van der Waals surface area contributed by atoms with E-state index in [1.54, 1.807) is 60.8 Å². The molecule has 1 aliphatic heterocycles. The summed E-state index contributed by atoms with van der Waals surface area (Å²) in [5, 5.41) is 2.78. The molecule has 1 aromatic heterocycles. The molecule has 3 aromatic rings. The maximum Gasteiger partial charge on any atom is 0.261 e. The molecule has 0 fully saturated rings. The van der Waals surface area contributed by atoms with Crippen LogP contribution in [0, 0.1) is 6.92 Å². The van der Waals surface area contributed by atoms with E-state index in [0.717, 1.165) is 11.1 Å². The number of benzene rings is 2. The van der Waals surface area contributed by atoms with Crippen molar-refractivity contribution < 1.29 is 14.4 Å². The van der Waals surface area contributed by atoms with E-state index in [-0.39, 0.29) is 24.3 Å². The third kappa shape index (κ3) is 3.16. The van der Waals surface area contributed by atoms with E-state index in [1.807, 2.05) is 13.0 Å². The third-order valence-electron chi connectivity index (χ3n) is 4.68. The van der Waals surface area contributed by atoms with Gasteiger partial charge in [0, 0.05) is 11.8 Å². The molecule has 1 aliphatic rings. The highest BCUT2D eigenvalue weighted by Crippen LogP contribution is 2.24. The second kappa shape index (κ2) is 7.08. The van der Waals surface area contributed by atoms with Crippen molar-refractivity contribution in [1.82, 2.24) is 9.88 Å². The fourth-order valence-corrected chi connectivity index (χ4v) is 3.12. The molecule has 0 radical (unpaired) electrons. The van der Waals surface area contributed by atoms with E-state index in [1.165, 1.54) is 4.90 Å². The minimum Gasteiger partial charge on any atom is -0.306 e. The number of aromatic nitrogens is 1. The molecule has 4 rings (SSSR count). The quantitative estimate of drug-likeness (QED) is 0.713. The van der Waals surface area contributed by atoms with Gasteiger partial charge in [-0.15, -0.1) is 0 Å². The van der Waals surface area contributed by atoms with Crippen molar-refractivity contribution in [2.75, 3.05) is 5.32 Å². The zero-order valence-corrected chi connectivity index (χ0v) is 15.2. The van der Waals surface area contributed by atoms with Crippen LogP contribution in [0.3, 0.4) is 0 Å². The number of amides is 3. The highest BCUT2D eigenvalue weighted by atomic mass is 16.2. The van der Waals surface area contributed by atoms with E-state index in [9.17, 15) is 14.4 Å². The Morgan fingerprint density at radius 1 is 0.929 bits per heavy atom. The number of nitrogens with zero attached hydrogens (tertiary/aromatic N) is 2. The molecule has 0 bridgehead atoms. The monoisotopic (exact) mass is 371 g/mol. The molecule has 2 aromatic carbocycles. The van der Waals surface area contributed by atoms with Gasteiger partial charge in [0.1, 0.15) is 5.82 Å². The van der Waals surface area contributed by atoms with E-state index in [2.05, 4.69) is 10.3 Å². The molecule has 28 heavy (non-hydrogen) atoms. The average molecular weight is 371 g/mol. The number of hydrogen-bond donors (Lipinski definition) is 1. The van der Waals surface area contributed by atoms with Crippen molar-refractivity contribution in [3.63, 3.8) is 0 Å². The number of pyridine rings is 1. The fourth-order valence-electron chi connectivity index (χ4n) is 3.12. The number of anilines is 1. The van der Waals surface area contributed by atoms with Crippen LogP contribution in [0.2, 0.25) is 0 Å². The summed E-state index contributed by atoms with van der Waals surface area (Å²) in [7, 11) is 0. The number of imide groups is 1. The normalized spacial score (nSPS) is 12.8. The Kier molecular flexibility index (Phi) is 4.45. The lowest BCUT2D eigenvalue weighted by Crippen LogP contribution is -2.29. The number of carbonyl (C=O) groups is 3. The molecule has 0 spiro atoms. The van der Waals surface area contributed by atoms with Gasteiger partial charge in [-0.3, -0.25) is 19.3 Å². The minimum absolute atomic E-state index is 0.160. The molecule has 0 atom stereocenters. The number of fused-ring (bicyclic) bond motifs is 1. The first-order valence-corrected chi connectivity index (χ1v) is 8.82. The van der Waals surface area contributed by atoms with Gasteiger partial charge in [0.05, 0.1) is 17.7 Å². The summed E-state index contributed by atoms with van der Waals surface area (Å²) >= 11 is 0. The summed E-state index contributed by atoms with van der Waals surface area (Å²) in [4.78, 5) is 42.7. The Labute approximate surface area is 161 Å². The maximum absolute atomic E-state index is 12.5. The van der Waals surface area contributed by atoms with Crippen LogP contribution in [-0.2, 0) is 6.54 Å². The Bertz CT molecular complexity index is 1060. The van der Waals surface area contributed by atoms with Gasteiger partial charge in [-0.25, -0.2) is 4.98 Å². The lowest BCUT2D eigenvalue weighted by Gasteiger charge is -2.14. The molecule has 0 aliphatic carbocycles. The first kappa shape index (κ1) is 17.6. The summed E-state index contributed by atoms with van der Waals surface area (Å²) in [6.45, 7) is 2.03. The predicted octanol–water partition coefficient (Wildman–Crippen LogP) is 3.44. The number of aryl methyl sites for hydroxylation is 1. The first-order valence-electron chi connectivity index (χ1n) is 8.82. The molecule has 6 nitrogen and oxygen atoms in total. The van der Waals surface area contributed by atoms with Gasteiger partial charge >= 0.3 is 0 Å². The second-order valence-electron chi connectivity index (χ2n) is 6.56. The Morgan fingerprint density at radius 2 is 1.57 bits per heavy atom. The van der Waals surface area contributed by atoms with Gasteiger partial charge in [-0.1, -0.05) is 30.3 Å². The summed E-state index contributed by atoms with van der Waals surface area (Å²) in [5.74, 6) is -0.349. The SMILES string of the molecule is Cc1cccnc1NC(=O)c1ccc(CN2C(=O)c3ccccc3C2=O)cc1. The van der Waals surface area contributed by atoms with Gasteiger partial charge in [-0.05, 0) is 48.4 Å². The van der Waals surface area contributed by atoms with Crippen molar-refractivity contribution in [2.24, 2.45) is 0 Å². The standard InChI is InChI=1S/C22H17N3O3/c1-14-5-4-12-23-19(14)24-20(26)16-10-8-15(9-11-16)13-25-21(27)17-6-2-3-7-18(17)22(25)28/h2-12H,13H2,1H3,(H,23,24,26). The van der Waals surface area contributed by atoms with Gasteiger partial charge < -0.3 is 5.32 Å². The predicted molar refractivity (Wildman–Crippen MR) is 104 cm³/mol. The van der Waals surface area contributed by atoms with Crippen molar-refractivity contribution in [2.45, 2.75) is 13.5 Å². The van der Waals surface area contributed by atoms with Crippen LogP contribution in [0.15, 0.2) is 66.9 Å². The van der Waals surface area contributed by atoms with Gasteiger partial charge in [0.25, 0.3) is 17.7 Å². The molecular formula is C22H17N3O3. The van der Waals surface area contributed by atoms with Crippen molar-refractivity contribution >= 4 is 23.5 Å². The summed E-state index contributed by atoms with van der Waals surface area (Å²) in [5.41, 5.74) is 2.96. The molecule has 1 N–H and O–H groups in total. The van der Waals surface area contributed by atoms with Gasteiger partial charge in [-0.2, -0.15) is 0 Å². The summed E-state index contributed by atoms with van der Waals surface area (Å²) in [6, 6.07) is 17.3. The van der Waals surface area contributed by atoms with Crippen molar-refractivity contribution in [3.8, 4) is 0 Å². The zero-order chi connectivity index (χ0) is 19.7. The summed E-state index contributed by atoms with van der Waals surface area (Å²) in [6.07, 6.45) is 1.62. The maximum atomic E-state index is 12.5. The minimum atomic E-state index is -0.298. The Morgan fingerprint density at radius 3 is 2.18 bits per heavy atom. The molecule has 138 valence electrons. The smallest absolute Gasteiger partial charge is 0.261 e. The van der Waals surface area contributed by atoms with Crippen LogP contribution in [0.4, 0.5) is 5.82 Å². The van der Waals surface area contributed by atoms with E-state index in [4.69, 9.17) is 0 Å². The van der Waals surface area contributed by atoms with E-state index >= 15 is 0 Å². The van der Waals surface area contributed by atoms with Crippen LogP contribution < -0.4 is 5.32 Å². The van der Waals surface area contributed by atoms with Crippen molar-refractivity contribution in [1.29, 1.82) is 0 Å². The highest BCUT2D eigenvalue weighted by molar-refractivity contribution is 6.21. The summed E-state index contributed by atoms with van der Waals surface area (Å²) < 4.78 is 0. The topological polar surface area (TPSA) is 79.4 Å². The van der Waals surface area contributed by atoms with Crippen molar-refractivity contribution in [3.05, 3.63) is 94.7 Å². The largest absolute Gasteiger partial charge is 0.306 e. The molecule has 6 heteroatoms. The molecule has 3 amide bonds. The average Bonchev–Trinajstić information content (AvgIpc) is 2.95. The first-order chi connectivity index (χ1) is 13.5. The lowest BCUT2D eigenvalue weighted by atomic mass is 10.1. The number of rotatable bonds is 4. The highest BCUT2D eigenvalue weighted by Gasteiger charge is 2.34. The van der Waals surface area contributed by atoms with E-state index < -0.39 is 0 Å². The second-order valence-corrected chi connectivity index (χ2v) is 6.56. The lowest BCUT2D eigenvalue weighted by molar-refractivity contribution is 0.0642. The number of nitrogens with one attached hydrogen (secondary N) is 1. The molecule has 0 saturated heterocycles. The number of carbonyl (C=O) groups excluding carboxylic acids is 3. The Balaban J connectivity index is 1.47. The van der Waals surface area contributed by atoms with Crippen LogP contribution >= 0.6 is 0 Å². The zero-order valence-electron chi connectivity index (χ0n) is 15.2. The molecule has 0 saturated carbocycles. The Hall–Kier alpha value is -3.80. The molecule has 0 unspecified atom stereocenters. The molecular weight excluding hydrogens is 354 g/mol. The van der Waals surface area contributed by atoms with Gasteiger partial charge in [0.2, 0.25) is 0 Å². The van der Waals surface area contributed by atoms with Crippen LogP contribution in [0.25, 0.3) is 0 Å². The van der Waals surface area contributed by atoms with Gasteiger partial charge in [0.15, 0.2) is 0 Å². The van der Waals surface area contributed by atoms with Crippen LogP contribution in [0.1, 0.15) is 42.2 Å². The third-order valence-corrected chi connectivity index (χ3v) is 4.68.